The summed E-state index contributed by atoms with van der Waals surface area (Å²) in [5, 5.41) is 30.7. The molecular weight excluding hydrogens is 464 g/mol. The molecular formula is C27H34N2O7. The van der Waals surface area contributed by atoms with E-state index in [9.17, 15) is 29.7 Å². The van der Waals surface area contributed by atoms with Gasteiger partial charge in [-0.25, -0.2) is 9.59 Å². The largest absolute Gasteiger partial charge is 0.478 e. The van der Waals surface area contributed by atoms with Crippen LogP contribution in [0.3, 0.4) is 0 Å². The van der Waals surface area contributed by atoms with Gasteiger partial charge < -0.3 is 25.0 Å². The van der Waals surface area contributed by atoms with Crippen LogP contribution in [0.2, 0.25) is 0 Å². The standard InChI is InChI=1S/C27H34N2O7/c1-13(2)24-18-11-27(20(25(33)34)10-22(31)32)19(17-7-6-8-21(28-24)23(17)18)9-16(12-29(27)5)26(35)36-15(4)14(3)30/h6-8,10,13-16,19,28,30H,9,11-12H2,1-5H3,(H,31,32)(H,33,34)/b20-10-/t14?,15?,16-,19?,27?/m1/s1. The van der Waals surface area contributed by atoms with Gasteiger partial charge in [-0.15, -0.1) is 0 Å². The summed E-state index contributed by atoms with van der Waals surface area (Å²) in [5.74, 6) is -3.99. The van der Waals surface area contributed by atoms with Gasteiger partial charge in [0.2, 0.25) is 0 Å². The van der Waals surface area contributed by atoms with Crippen molar-refractivity contribution in [2.24, 2.45) is 5.92 Å². The number of carboxylic acid groups (broad SMARTS) is 2. The quantitative estimate of drug-likeness (QED) is 0.337. The first-order valence-corrected chi connectivity index (χ1v) is 12.3. The van der Waals surface area contributed by atoms with Crippen molar-refractivity contribution in [2.45, 2.75) is 70.1 Å². The Morgan fingerprint density at radius 1 is 1.19 bits per heavy atom. The molecule has 0 spiro atoms. The molecule has 0 bridgehead atoms. The van der Waals surface area contributed by atoms with Gasteiger partial charge in [-0.2, -0.15) is 0 Å². The maximum atomic E-state index is 13.1. The van der Waals surface area contributed by atoms with Crippen LogP contribution in [0.1, 0.15) is 62.8 Å². The van der Waals surface area contributed by atoms with Crippen LogP contribution in [0.15, 0.2) is 29.8 Å². The van der Waals surface area contributed by atoms with E-state index < -0.39 is 47.5 Å². The number of piperidine rings is 1. The molecule has 9 nitrogen and oxygen atoms in total. The van der Waals surface area contributed by atoms with Crippen LogP contribution in [0.4, 0.5) is 0 Å². The van der Waals surface area contributed by atoms with Crippen LogP contribution in [0.5, 0.6) is 0 Å². The Hall–Kier alpha value is -3.17. The maximum absolute atomic E-state index is 13.1. The highest BCUT2D eigenvalue weighted by Gasteiger charge is 2.56. The lowest BCUT2D eigenvalue weighted by Gasteiger charge is -2.55. The number of rotatable bonds is 7. The summed E-state index contributed by atoms with van der Waals surface area (Å²) in [5.41, 5.74) is 2.43. The number of H-pyrrole nitrogens is 1. The average Bonchev–Trinajstić information content (AvgIpc) is 3.17. The number of carbonyl (C=O) groups excluding carboxylic acids is 1. The van der Waals surface area contributed by atoms with Crippen LogP contribution in [-0.2, 0) is 25.5 Å². The number of nitrogens with one attached hydrogen (secondary N) is 1. The van der Waals surface area contributed by atoms with Gasteiger partial charge in [-0.3, -0.25) is 9.69 Å². The molecule has 5 atom stereocenters. The number of carboxylic acids is 2. The topological polar surface area (TPSA) is 140 Å². The minimum absolute atomic E-state index is 0.143. The molecule has 1 fully saturated rings. The van der Waals surface area contributed by atoms with Crippen molar-refractivity contribution in [1.29, 1.82) is 0 Å². The van der Waals surface area contributed by atoms with Gasteiger partial charge in [0.25, 0.3) is 0 Å². The second-order valence-electron chi connectivity index (χ2n) is 10.5. The van der Waals surface area contributed by atoms with Gasteiger partial charge >= 0.3 is 17.9 Å². The fraction of sp³-hybridized carbons (Fsp3) is 0.519. The molecule has 4 rings (SSSR count). The lowest BCUT2D eigenvalue weighted by molar-refractivity contribution is -0.162. The molecule has 2 aromatic rings. The number of ether oxygens (including phenoxy) is 1. The van der Waals surface area contributed by atoms with Crippen molar-refractivity contribution >= 4 is 28.8 Å². The van der Waals surface area contributed by atoms with Crippen molar-refractivity contribution in [1.82, 2.24) is 9.88 Å². The number of hydrogen-bond donors (Lipinski definition) is 4. The van der Waals surface area contributed by atoms with E-state index in [-0.39, 0.29) is 18.0 Å². The Morgan fingerprint density at radius 3 is 2.47 bits per heavy atom. The summed E-state index contributed by atoms with van der Waals surface area (Å²) < 4.78 is 5.52. The molecule has 1 aliphatic carbocycles. The number of likely N-dealkylation sites (N-methyl/N-ethyl adjacent to an activating group) is 1. The first-order valence-electron chi connectivity index (χ1n) is 12.3. The zero-order valence-electron chi connectivity index (χ0n) is 21.2. The van der Waals surface area contributed by atoms with Crippen LogP contribution in [0.25, 0.3) is 10.9 Å². The van der Waals surface area contributed by atoms with Crippen LogP contribution in [-0.4, -0.2) is 74.5 Å². The number of aromatic amines is 1. The first-order chi connectivity index (χ1) is 16.9. The number of benzene rings is 1. The number of hydrogen-bond acceptors (Lipinski definition) is 6. The molecule has 9 heteroatoms. The number of aliphatic hydroxyl groups is 1. The number of esters is 1. The van der Waals surface area contributed by atoms with Gasteiger partial charge in [0.1, 0.15) is 6.10 Å². The van der Waals surface area contributed by atoms with E-state index in [0.29, 0.717) is 12.8 Å². The first kappa shape index (κ1) is 25.9. The van der Waals surface area contributed by atoms with Crippen molar-refractivity contribution in [3.8, 4) is 0 Å². The van der Waals surface area contributed by atoms with Gasteiger partial charge in [0.15, 0.2) is 0 Å². The number of likely N-dealkylation sites (tertiary alicyclic amines) is 1. The summed E-state index contributed by atoms with van der Waals surface area (Å²) in [6, 6.07) is 5.83. The lowest BCUT2D eigenvalue weighted by atomic mass is 9.60. The SMILES string of the molecule is CC(C)c1[nH]c2cccc3c2c1CC1(/C(=C\C(=O)O)C(=O)O)C3C[C@@H](C(=O)OC(C)C(C)O)CN1C. The molecule has 36 heavy (non-hydrogen) atoms. The fourth-order valence-electron chi connectivity index (χ4n) is 6.09. The Bertz CT molecular complexity index is 1240. The van der Waals surface area contributed by atoms with E-state index >= 15 is 0 Å². The number of aromatic nitrogens is 1. The van der Waals surface area contributed by atoms with E-state index in [4.69, 9.17) is 4.74 Å². The molecule has 1 aromatic carbocycles. The molecule has 0 radical (unpaired) electrons. The second kappa shape index (κ2) is 9.37. The van der Waals surface area contributed by atoms with Gasteiger partial charge in [-0.1, -0.05) is 26.0 Å². The maximum Gasteiger partial charge on any atom is 0.333 e. The molecule has 194 valence electrons. The Kier molecular flexibility index (Phi) is 6.74. The highest BCUT2D eigenvalue weighted by molar-refractivity contribution is 5.99. The molecule has 1 saturated heterocycles. The molecule has 0 saturated carbocycles. The van der Waals surface area contributed by atoms with Crippen molar-refractivity contribution in [3.63, 3.8) is 0 Å². The van der Waals surface area contributed by atoms with Gasteiger partial charge in [0, 0.05) is 35.1 Å². The third-order valence-electron chi connectivity index (χ3n) is 7.94. The Balaban J connectivity index is 1.92. The summed E-state index contributed by atoms with van der Waals surface area (Å²) >= 11 is 0. The van der Waals surface area contributed by atoms with E-state index in [1.807, 2.05) is 23.1 Å². The van der Waals surface area contributed by atoms with Crippen molar-refractivity contribution < 1.29 is 34.4 Å². The Labute approximate surface area is 209 Å². The van der Waals surface area contributed by atoms with Gasteiger partial charge in [0.05, 0.1) is 23.1 Å². The summed E-state index contributed by atoms with van der Waals surface area (Å²) in [4.78, 5) is 42.8. The number of nitrogens with zero attached hydrogens (tertiary/aromatic N) is 1. The zero-order chi connectivity index (χ0) is 26.5. The number of aliphatic carboxylic acids is 2. The summed E-state index contributed by atoms with van der Waals surface area (Å²) in [6.07, 6.45) is -0.119. The summed E-state index contributed by atoms with van der Waals surface area (Å²) in [7, 11) is 1.75. The predicted molar refractivity (Wildman–Crippen MR) is 133 cm³/mol. The third kappa shape index (κ3) is 4.10. The smallest absolute Gasteiger partial charge is 0.333 e. The van der Waals surface area contributed by atoms with Crippen LogP contribution >= 0.6 is 0 Å². The van der Waals surface area contributed by atoms with E-state index in [2.05, 4.69) is 18.8 Å². The number of fused-ring (bicyclic) bond motifs is 2. The van der Waals surface area contributed by atoms with Crippen LogP contribution in [0, 0.1) is 5.92 Å². The van der Waals surface area contributed by atoms with E-state index in [1.165, 1.54) is 0 Å². The number of carbonyl (C=O) groups is 3. The minimum atomic E-state index is -1.33. The molecule has 4 unspecified atom stereocenters. The molecule has 2 heterocycles. The highest BCUT2D eigenvalue weighted by atomic mass is 16.6. The molecule has 2 aliphatic rings. The molecule has 1 aliphatic heterocycles. The van der Waals surface area contributed by atoms with E-state index in [0.717, 1.165) is 33.8 Å². The van der Waals surface area contributed by atoms with E-state index in [1.54, 1.807) is 20.9 Å². The fourth-order valence-corrected chi connectivity index (χ4v) is 6.09. The predicted octanol–water partition coefficient (Wildman–Crippen LogP) is 3.03. The lowest BCUT2D eigenvalue weighted by Crippen LogP contribution is -2.62. The molecule has 4 N–H and O–H groups in total. The van der Waals surface area contributed by atoms with Crippen molar-refractivity contribution in [3.05, 3.63) is 46.7 Å². The Morgan fingerprint density at radius 2 is 1.89 bits per heavy atom. The molecule has 1 aromatic heterocycles. The average molecular weight is 499 g/mol. The highest BCUT2D eigenvalue weighted by Crippen LogP contribution is 2.55. The molecule has 0 amide bonds. The zero-order valence-corrected chi connectivity index (χ0v) is 21.2. The third-order valence-corrected chi connectivity index (χ3v) is 7.94. The van der Waals surface area contributed by atoms with Gasteiger partial charge in [-0.05, 0) is 56.8 Å². The monoisotopic (exact) mass is 498 g/mol. The minimum Gasteiger partial charge on any atom is -0.478 e. The normalized spacial score (nSPS) is 25.9. The van der Waals surface area contributed by atoms with Crippen molar-refractivity contribution in [2.75, 3.05) is 13.6 Å². The second-order valence-corrected chi connectivity index (χ2v) is 10.5. The summed E-state index contributed by atoms with van der Waals surface area (Å²) in [6.45, 7) is 7.49. The number of aliphatic hydroxyl groups excluding tert-OH is 1. The van der Waals surface area contributed by atoms with Crippen LogP contribution < -0.4 is 0 Å².